The van der Waals surface area contributed by atoms with Gasteiger partial charge < -0.3 is 0 Å². The molecular weight excluding hydrogens is 292 g/mol. The Morgan fingerprint density at radius 1 is 1.60 bits per heavy atom. The third-order valence-corrected chi connectivity index (χ3v) is 10.1. The molecule has 1 atom stereocenters. The molecule has 0 fully saturated rings. The van der Waals surface area contributed by atoms with E-state index in [2.05, 4.69) is 15.1 Å². The van der Waals surface area contributed by atoms with E-state index in [9.17, 15) is 4.89 Å². The van der Waals surface area contributed by atoms with E-state index >= 15 is 0 Å². The summed E-state index contributed by atoms with van der Waals surface area (Å²) in [7, 11) is 0. The van der Waals surface area contributed by atoms with E-state index < -0.39 is 4.65 Å². The monoisotopic (exact) mass is 304 g/mol. The first-order valence-electron chi connectivity index (χ1n) is 2.72. The van der Waals surface area contributed by atoms with Crippen molar-refractivity contribution in [2.24, 2.45) is 0 Å². The fourth-order valence-corrected chi connectivity index (χ4v) is 8.29. The summed E-state index contributed by atoms with van der Waals surface area (Å²) >= 11 is 2.76. The van der Waals surface area contributed by atoms with Gasteiger partial charge in [0.25, 0.3) is 0 Å². The van der Waals surface area contributed by atoms with Gasteiger partial charge >= 0.3 is 99.0 Å². The van der Waals surface area contributed by atoms with Crippen molar-refractivity contribution in [2.45, 2.75) is 19.2 Å². The predicted octanol–water partition coefficient (Wildman–Crippen LogP) is -2.62. The van der Waals surface area contributed by atoms with Crippen LogP contribution in [0.2, 0.25) is 5.32 Å². The van der Waals surface area contributed by atoms with E-state index in [1.165, 1.54) is 0 Å². The molecule has 0 saturated carbocycles. The zero-order valence-corrected chi connectivity index (χ0v) is 12.8. The summed E-state index contributed by atoms with van der Waals surface area (Å²) in [6.07, 6.45) is 0. The molecule has 1 unspecified atom stereocenters. The van der Waals surface area contributed by atoms with E-state index in [-0.39, 0.29) is 44.1 Å². The first-order valence-corrected chi connectivity index (χ1v) is 9.99. The maximum absolute atomic E-state index is 11.2. The molecular formula is C4H10NaO2PSe2. The van der Waals surface area contributed by atoms with Crippen molar-refractivity contribution >= 4 is 34.3 Å². The molecule has 0 aromatic rings. The van der Waals surface area contributed by atoms with Gasteiger partial charge in [-0.1, -0.05) is 0 Å². The number of hydrogen-bond acceptors (Lipinski definition) is 2. The van der Waals surface area contributed by atoms with Crippen LogP contribution in [0, 0.1) is 0 Å². The van der Waals surface area contributed by atoms with Crippen LogP contribution in [0.3, 0.4) is 0 Å². The van der Waals surface area contributed by atoms with Crippen LogP contribution in [-0.4, -0.2) is 36.2 Å². The van der Waals surface area contributed by atoms with Crippen molar-refractivity contribution in [3.05, 3.63) is 0 Å². The molecule has 0 rings (SSSR count). The normalized spacial score (nSPS) is 15.5. The molecule has 56 valence electrons. The molecule has 0 aliphatic carbocycles. The summed E-state index contributed by atoms with van der Waals surface area (Å²) in [6.45, 7) is 4.42. The van der Waals surface area contributed by atoms with Crippen LogP contribution in [0.25, 0.3) is 0 Å². The second-order valence-corrected chi connectivity index (χ2v) is 15.1. The Morgan fingerprint density at radius 2 is 2.10 bits per heavy atom. The average Bonchev–Trinajstić information content (AvgIpc) is 1.64. The summed E-state index contributed by atoms with van der Waals surface area (Å²) < 4.78 is 2.74. The summed E-state index contributed by atoms with van der Waals surface area (Å²) in [6, 6.07) is 0. The minimum atomic E-state index is -2.26. The standard InChI is InChI=1S/C4H11O2PSe2.Na/c1-3-6-7(5,8)9-4-2;/h3-4H2,1-2H3,(H,5,8);/q;+1/p-1. The van der Waals surface area contributed by atoms with Crippen molar-refractivity contribution in [1.82, 2.24) is 0 Å². The van der Waals surface area contributed by atoms with Gasteiger partial charge in [0.15, 0.2) is 0 Å². The van der Waals surface area contributed by atoms with E-state index in [1.807, 2.05) is 13.8 Å². The Morgan fingerprint density at radius 3 is 2.40 bits per heavy atom. The largest absolute Gasteiger partial charge is 1.00 e. The maximum Gasteiger partial charge on any atom is 1.00 e. The van der Waals surface area contributed by atoms with E-state index in [1.54, 1.807) is 0 Å². The van der Waals surface area contributed by atoms with Gasteiger partial charge in [-0.3, -0.25) is 0 Å². The van der Waals surface area contributed by atoms with Crippen LogP contribution < -0.4 is 34.5 Å². The van der Waals surface area contributed by atoms with Gasteiger partial charge in [-0.25, -0.2) is 0 Å². The Bertz CT molecular complexity index is 112. The fourth-order valence-electron chi connectivity index (χ4n) is 0.353. The molecule has 0 heterocycles. The molecule has 2 nitrogen and oxygen atoms in total. The zero-order valence-electron chi connectivity index (χ0n) is 6.49. The molecule has 0 amide bonds. The summed E-state index contributed by atoms with van der Waals surface area (Å²) in [4.78, 5) is 11.2. The van der Waals surface area contributed by atoms with Crippen LogP contribution in [0.15, 0.2) is 0 Å². The molecule has 0 aliphatic heterocycles. The van der Waals surface area contributed by atoms with Crippen LogP contribution in [-0.2, 0) is 4.52 Å². The summed E-state index contributed by atoms with van der Waals surface area (Å²) in [5.74, 6) is 0. The zero-order chi connectivity index (χ0) is 7.33. The molecule has 0 aromatic carbocycles. The van der Waals surface area contributed by atoms with Crippen LogP contribution in [0.1, 0.15) is 13.8 Å². The molecule has 6 heteroatoms. The molecule has 0 bridgehead atoms. The van der Waals surface area contributed by atoms with Gasteiger partial charge in [-0.2, -0.15) is 0 Å². The van der Waals surface area contributed by atoms with Gasteiger partial charge in [-0.15, -0.1) is 0 Å². The van der Waals surface area contributed by atoms with Gasteiger partial charge in [0.05, 0.1) is 0 Å². The molecule has 0 N–H and O–H groups in total. The van der Waals surface area contributed by atoms with Crippen molar-refractivity contribution < 1.29 is 39.0 Å². The van der Waals surface area contributed by atoms with Crippen molar-refractivity contribution in [2.75, 3.05) is 6.61 Å². The Hall–Kier alpha value is 2.39. The van der Waals surface area contributed by atoms with Gasteiger partial charge in [0.2, 0.25) is 0 Å². The molecule has 0 aromatic heterocycles. The Balaban J connectivity index is 0. The molecule has 0 saturated heterocycles. The van der Waals surface area contributed by atoms with Gasteiger partial charge in [0, 0.05) is 0 Å². The second-order valence-electron chi connectivity index (χ2n) is 1.28. The summed E-state index contributed by atoms with van der Waals surface area (Å²) in [5, 5.41) is 0.970. The quantitative estimate of drug-likeness (QED) is 0.421. The topological polar surface area (TPSA) is 32.3 Å². The third-order valence-electron chi connectivity index (χ3n) is 0.574. The SMILES string of the molecule is CCOP([O-])(=[Se])[Se]CC.[Na+]. The fraction of sp³-hybridized carbons (Fsp3) is 1.00. The minimum absolute atomic E-state index is 0. The smallest absolute Gasteiger partial charge is 1.00 e. The molecule has 0 spiro atoms. The van der Waals surface area contributed by atoms with Gasteiger partial charge in [-0.05, 0) is 0 Å². The Labute approximate surface area is 97.9 Å². The summed E-state index contributed by atoms with van der Waals surface area (Å²) in [5.41, 5.74) is 0. The predicted molar refractivity (Wildman–Crippen MR) is 40.5 cm³/mol. The minimum Gasteiger partial charge on any atom is 1.00 e. The van der Waals surface area contributed by atoms with E-state index in [0.29, 0.717) is 6.61 Å². The van der Waals surface area contributed by atoms with Crippen LogP contribution in [0.4, 0.5) is 0 Å². The van der Waals surface area contributed by atoms with Crippen molar-refractivity contribution in [1.29, 1.82) is 0 Å². The first-order chi connectivity index (χ1) is 4.12. The first kappa shape index (κ1) is 14.9. The van der Waals surface area contributed by atoms with Crippen molar-refractivity contribution in [3.8, 4) is 0 Å². The molecule has 10 heavy (non-hydrogen) atoms. The number of hydrogen-bond donors (Lipinski definition) is 0. The molecule has 0 radical (unpaired) electrons. The van der Waals surface area contributed by atoms with E-state index in [4.69, 9.17) is 4.52 Å². The Kier molecular flexibility index (Phi) is 11.9. The molecule has 0 aliphatic rings. The van der Waals surface area contributed by atoms with E-state index in [0.717, 1.165) is 5.32 Å². The van der Waals surface area contributed by atoms with Crippen LogP contribution >= 0.6 is 4.65 Å². The second kappa shape index (κ2) is 8.01. The van der Waals surface area contributed by atoms with Crippen LogP contribution in [0.5, 0.6) is 0 Å². The van der Waals surface area contributed by atoms with Gasteiger partial charge in [0.1, 0.15) is 0 Å². The number of rotatable bonds is 4. The third kappa shape index (κ3) is 8.49. The maximum atomic E-state index is 11.2. The van der Waals surface area contributed by atoms with Crippen molar-refractivity contribution in [3.63, 3.8) is 0 Å². The average molecular weight is 302 g/mol.